The summed E-state index contributed by atoms with van der Waals surface area (Å²) in [4.78, 5) is 40.2. The van der Waals surface area contributed by atoms with Gasteiger partial charge in [0.2, 0.25) is 5.91 Å². The molecule has 8 nitrogen and oxygen atoms in total. The first-order valence-electron chi connectivity index (χ1n) is 10.1. The van der Waals surface area contributed by atoms with E-state index in [4.69, 9.17) is 5.73 Å². The Hall–Kier alpha value is -3.13. The number of piperidine rings is 1. The molecule has 3 N–H and O–H groups in total. The highest BCUT2D eigenvalue weighted by Crippen LogP contribution is 2.23. The van der Waals surface area contributed by atoms with Crippen molar-refractivity contribution < 1.29 is 9.59 Å². The van der Waals surface area contributed by atoms with E-state index in [1.54, 1.807) is 29.0 Å². The van der Waals surface area contributed by atoms with Crippen molar-refractivity contribution in [2.45, 2.75) is 19.4 Å². The van der Waals surface area contributed by atoms with Crippen LogP contribution in [0.4, 0.5) is 11.4 Å². The van der Waals surface area contributed by atoms with Crippen molar-refractivity contribution in [3.05, 3.63) is 58.5 Å². The quantitative estimate of drug-likeness (QED) is 0.717. The summed E-state index contributed by atoms with van der Waals surface area (Å²) in [6, 6.07) is 10.4. The fourth-order valence-electron chi connectivity index (χ4n) is 3.56. The van der Waals surface area contributed by atoms with Crippen LogP contribution in [0.1, 0.15) is 23.2 Å². The zero-order chi connectivity index (χ0) is 21.7. The SMILES string of the molecule is CN(C)CCn1cc(NC(=O)c2ccc(N3CCCC(C(N)=O)C3)cc2)ccc1=O. The number of carbonyl (C=O) groups is 2. The van der Waals surface area contributed by atoms with Crippen LogP contribution < -0.4 is 21.5 Å². The number of anilines is 2. The molecule has 3 rings (SSSR count). The number of likely N-dealkylation sites (N-methyl/N-ethyl adjacent to an activating group) is 1. The van der Waals surface area contributed by atoms with Crippen molar-refractivity contribution in [3.8, 4) is 0 Å². The Bertz CT molecular complexity index is 952. The molecule has 8 heteroatoms. The monoisotopic (exact) mass is 411 g/mol. The van der Waals surface area contributed by atoms with Crippen LogP contribution in [0.15, 0.2) is 47.4 Å². The van der Waals surface area contributed by atoms with Gasteiger partial charge in [-0.2, -0.15) is 0 Å². The normalized spacial score (nSPS) is 16.5. The first-order chi connectivity index (χ1) is 14.3. The number of pyridine rings is 1. The Morgan fingerprint density at radius 3 is 2.57 bits per heavy atom. The van der Waals surface area contributed by atoms with Gasteiger partial charge in [-0.3, -0.25) is 14.4 Å². The summed E-state index contributed by atoms with van der Waals surface area (Å²) in [5.41, 5.74) is 7.42. The molecule has 2 amide bonds. The lowest BCUT2D eigenvalue weighted by Crippen LogP contribution is -2.41. The van der Waals surface area contributed by atoms with Gasteiger partial charge in [0, 0.05) is 49.7 Å². The molecule has 160 valence electrons. The van der Waals surface area contributed by atoms with Crippen LogP contribution in [0.25, 0.3) is 0 Å². The average molecular weight is 412 g/mol. The first-order valence-corrected chi connectivity index (χ1v) is 10.1. The minimum Gasteiger partial charge on any atom is -0.371 e. The van der Waals surface area contributed by atoms with E-state index in [9.17, 15) is 14.4 Å². The van der Waals surface area contributed by atoms with Gasteiger partial charge in [-0.1, -0.05) is 0 Å². The van der Waals surface area contributed by atoms with E-state index in [2.05, 4.69) is 10.2 Å². The van der Waals surface area contributed by atoms with Gasteiger partial charge >= 0.3 is 0 Å². The maximum Gasteiger partial charge on any atom is 0.255 e. The lowest BCUT2D eigenvalue weighted by Gasteiger charge is -2.33. The molecule has 1 aromatic heterocycles. The van der Waals surface area contributed by atoms with E-state index in [0.29, 0.717) is 24.3 Å². The number of nitrogens with two attached hydrogens (primary N) is 1. The standard InChI is InChI=1S/C22H29N5O3/c1-25(2)12-13-27-15-18(7-10-20(27)28)24-22(30)16-5-8-19(9-6-16)26-11-3-4-17(14-26)21(23)29/h5-10,15,17H,3-4,11-14H2,1-2H3,(H2,23,29)(H,24,30). The summed E-state index contributed by atoms with van der Waals surface area (Å²) in [5.74, 6) is -0.638. The summed E-state index contributed by atoms with van der Waals surface area (Å²) >= 11 is 0. The zero-order valence-electron chi connectivity index (χ0n) is 17.5. The molecule has 1 atom stereocenters. The Labute approximate surface area is 176 Å². The highest BCUT2D eigenvalue weighted by Gasteiger charge is 2.24. The number of nitrogens with one attached hydrogen (secondary N) is 1. The summed E-state index contributed by atoms with van der Waals surface area (Å²) in [6.07, 6.45) is 3.40. The lowest BCUT2D eigenvalue weighted by molar-refractivity contribution is -0.122. The molecular weight excluding hydrogens is 382 g/mol. The molecule has 1 aliphatic rings. The number of amides is 2. The number of hydrogen-bond acceptors (Lipinski definition) is 5. The van der Waals surface area contributed by atoms with Gasteiger partial charge in [-0.05, 0) is 57.3 Å². The third-order valence-electron chi connectivity index (χ3n) is 5.35. The highest BCUT2D eigenvalue weighted by atomic mass is 16.2. The van der Waals surface area contributed by atoms with Crippen LogP contribution in [0.5, 0.6) is 0 Å². The summed E-state index contributed by atoms with van der Waals surface area (Å²) in [7, 11) is 3.89. The van der Waals surface area contributed by atoms with Gasteiger partial charge in [0.1, 0.15) is 0 Å². The zero-order valence-corrected chi connectivity index (χ0v) is 17.5. The molecule has 0 saturated carbocycles. The first kappa shape index (κ1) is 21.6. The predicted octanol–water partition coefficient (Wildman–Crippen LogP) is 1.36. The Morgan fingerprint density at radius 1 is 1.17 bits per heavy atom. The minimum atomic E-state index is -0.261. The number of benzene rings is 1. The van der Waals surface area contributed by atoms with Crippen molar-refractivity contribution in [1.82, 2.24) is 9.47 Å². The van der Waals surface area contributed by atoms with Gasteiger partial charge < -0.3 is 25.4 Å². The molecule has 0 radical (unpaired) electrons. The van der Waals surface area contributed by atoms with Gasteiger partial charge in [0.15, 0.2) is 0 Å². The highest BCUT2D eigenvalue weighted by molar-refractivity contribution is 6.04. The van der Waals surface area contributed by atoms with Crippen molar-refractivity contribution >= 4 is 23.2 Å². The van der Waals surface area contributed by atoms with E-state index in [1.165, 1.54) is 6.07 Å². The fraction of sp³-hybridized carbons (Fsp3) is 0.409. The average Bonchev–Trinajstić information content (AvgIpc) is 2.74. The molecule has 1 unspecified atom stereocenters. The van der Waals surface area contributed by atoms with Gasteiger partial charge in [0.05, 0.1) is 11.6 Å². The number of hydrogen-bond donors (Lipinski definition) is 2. The van der Waals surface area contributed by atoms with Crippen LogP contribution in [0.2, 0.25) is 0 Å². The minimum absolute atomic E-state index is 0.102. The Morgan fingerprint density at radius 2 is 1.90 bits per heavy atom. The van der Waals surface area contributed by atoms with E-state index < -0.39 is 0 Å². The molecule has 2 aromatic rings. The van der Waals surface area contributed by atoms with Gasteiger partial charge in [-0.25, -0.2) is 0 Å². The second-order valence-corrected chi connectivity index (χ2v) is 7.94. The Kier molecular flexibility index (Phi) is 6.89. The topological polar surface area (TPSA) is 101 Å². The molecule has 0 aliphatic carbocycles. The third-order valence-corrected chi connectivity index (χ3v) is 5.35. The van der Waals surface area contributed by atoms with Crippen molar-refractivity contribution in [2.24, 2.45) is 11.7 Å². The Balaban J connectivity index is 1.66. The molecule has 2 heterocycles. The van der Waals surface area contributed by atoms with Crippen molar-refractivity contribution in [1.29, 1.82) is 0 Å². The van der Waals surface area contributed by atoms with Crippen LogP contribution in [-0.2, 0) is 11.3 Å². The van der Waals surface area contributed by atoms with Crippen LogP contribution in [-0.4, -0.2) is 55.0 Å². The van der Waals surface area contributed by atoms with Crippen molar-refractivity contribution in [2.75, 3.05) is 43.9 Å². The summed E-state index contributed by atoms with van der Waals surface area (Å²) in [5, 5.41) is 2.85. The van der Waals surface area contributed by atoms with E-state index in [-0.39, 0.29) is 23.3 Å². The van der Waals surface area contributed by atoms with Crippen LogP contribution >= 0.6 is 0 Å². The molecule has 1 aromatic carbocycles. The molecule has 1 fully saturated rings. The molecule has 1 saturated heterocycles. The third kappa shape index (κ3) is 5.48. The fourth-order valence-corrected chi connectivity index (χ4v) is 3.56. The molecular formula is C22H29N5O3. The van der Waals surface area contributed by atoms with E-state index in [0.717, 1.165) is 31.6 Å². The molecule has 1 aliphatic heterocycles. The van der Waals surface area contributed by atoms with Crippen molar-refractivity contribution in [3.63, 3.8) is 0 Å². The van der Waals surface area contributed by atoms with E-state index in [1.807, 2.05) is 31.1 Å². The molecule has 0 spiro atoms. The number of carbonyl (C=O) groups excluding carboxylic acids is 2. The molecule has 30 heavy (non-hydrogen) atoms. The van der Waals surface area contributed by atoms with E-state index >= 15 is 0 Å². The number of aromatic nitrogens is 1. The maximum atomic E-state index is 12.6. The van der Waals surface area contributed by atoms with Crippen LogP contribution in [0, 0.1) is 5.92 Å². The van der Waals surface area contributed by atoms with Gasteiger partial charge in [0.25, 0.3) is 11.5 Å². The maximum absolute atomic E-state index is 12.6. The number of rotatable bonds is 7. The second-order valence-electron chi connectivity index (χ2n) is 7.94. The van der Waals surface area contributed by atoms with Gasteiger partial charge in [-0.15, -0.1) is 0 Å². The second kappa shape index (κ2) is 9.58. The summed E-state index contributed by atoms with van der Waals surface area (Å²) in [6.45, 7) is 2.75. The predicted molar refractivity (Wildman–Crippen MR) is 118 cm³/mol. The largest absolute Gasteiger partial charge is 0.371 e. The van der Waals surface area contributed by atoms with Crippen LogP contribution in [0.3, 0.4) is 0 Å². The number of nitrogens with zero attached hydrogens (tertiary/aromatic N) is 3. The smallest absolute Gasteiger partial charge is 0.255 e. The summed E-state index contributed by atoms with van der Waals surface area (Å²) < 4.78 is 1.59. The lowest BCUT2D eigenvalue weighted by atomic mass is 9.97. The molecule has 0 bridgehead atoms. The number of primary amides is 1.